The van der Waals surface area contributed by atoms with Crippen LogP contribution in [0.15, 0.2) is 30.3 Å². The Kier molecular flexibility index (Phi) is 2.35. The molecule has 4 heteroatoms. The molecule has 1 aliphatic heterocycles. The lowest BCUT2D eigenvalue weighted by atomic mass is 10.1. The maximum absolute atomic E-state index is 13.7. The third kappa shape index (κ3) is 1.69. The van der Waals surface area contributed by atoms with Crippen molar-refractivity contribution in [2.45, 2.75) is 12.2 Å². The molecule has 0 unspecified atom stereocenters. The van der Waals surface area contributed by atoms with Crippen LogP contribution in [0, 0.1) is 0 Å². The minimum Gasteiger partial charge on any atom is -0.447 e. The van der Waals surface area contributed by atoms with Crippen LogP contribution in [-0.4, -0.2) is 18.7 Å². The van der Waals surface area contributed by atoms with Crippen LogP contribution in [0.4, 0.5) is 9.18 Å². The summed E-state index contributed by atoms with van der Waals surface area (Å²) in [5.41, 5.74) is 0.559. The lowest BCUT2D eigenvalue weighted by Crippen LogP contribution is -2.30. The summed E-state index contributed by atoms with van der Waals surface area (Å²) in [4.78, 5) is 10.7. The lowest BCUT2D eigenvalue weighted by molar-refractivity contribution is 0.172. The van der Waals surface area contributed by atoms with Crippen molar-refractivity contribution >= 4 is 6.09 Å². The second kappa shape index (κ2) is 3.65. The highest BCUT2D eigenvalue weighted by molar-refractivity contribution is 5.69. The van der Waals surface area contributed by atoms with Gasteiger partial charge in [-0.05, 0) is 5.56 Å². The van der Waals surface area contributed by atoms with Crippen LogP contribution in [0.3, 0.4) is 0 Å². The predicted octanol–water partition coefficient (Wildman–Crippen LogP) is 1.81. The van der Waals surface area contributed by atoms with Gasteiger partial charge in [-0.2, -0.15) is 0 Å². The van der Waals surface area contributed by atoms with E-state index in [9.17, 15) is 9.18 Å². The lowest BCUT2D eigenvalue weighted by Gasteiger charge is -2.13. The smallest absolute Gasteiger partial charge is 0.407 e. The Hall–Kier alpha value is -1.58. The van der Waals surface area contributed by atoms with Gasteiger partial charge in [-0.15, -0.1) is 0 Å². The molecule has 0 saturated carbocycles. The number of alkyl halides is 1. The number of benzene rings is 1. The van der Waals surface area contributed by atoms with Crippen molar-refractivity contribution in [2.75, 3.05) is 6.61 Å². The summed E-state index contributed by atoms with van der Waals surface area (Å²) < 4.78 is 18.3. The third-order valence-electron chi connectivity index (χ3n) is 2.17. The highest BCUT2D eigenvalue weighted by Crippen LogP contribution is 2.23. The molecule has 3 nitrogen and oxygen atoms in total. The Balaban J connectivity index is 2.09. The van der Waals surface area contributed by atoms with Crippen molar-refractivity contribution in [3.63, 3.8) is 0 Å². The Morgan fingerprint density at radius 2 is 2.14 bits per heavy atom. The Bertz CT molecular complexity index is 328. The largest absolute Gasteiger partial charge is 0.447 e. The van der Waals surface area contributed by atoms with Crippen LogP contribution >= 0.6 is 0 Å². The Labute approximate surface area is 80.9 Å². The summed E-state index contributed by atoms with van der Waals surface area (Å²) in [5.74, 6) is 0. The van der Waals surface area contributed by atoms with E-state index in [1.807, 2.05) is 6.07 Å². The van der Waals surface area contributed by atoms with E-state index in [2.05, 4.69) is 10.1 Å². The molecule has 0 aliphatic carbocycles. The molecule has 2 rings (SSSR count). The first-order valence-electron chi connectivity index (χ1n) is 4.39. The number of carbonyl (C=O) groups excluding carboxylic acids is 1. The van der Waals surface area contributed by atoms with Crippen molar-refractivity contribution in [3.8, 4) is 0 Å². The summed E-state index contributed by atoms with van der Waals surface area (Å²) >= 11 is 0. The molecule has 1 heterocycles. The zero-order valence-corrected chi connectivity index (χ0v) is 7.44. The number of hydrogen-bond donors (Lipinski definition) is 1. The van der Waals surface area contributed by atoms with Crippen LogP contribution in [0.2, 0.25) is 0 Å². The monoisotopic (exact) mass is 195 g/mol. The normalized spacial score (nSPS) is 22.6. The molecule has 1 aromatic rings. The molecule has 0 bridgehead atoms. The van der Waals surface area contributed by atoms with Gasteiger partial charge in [0.05, 0.1) is 0 Å². The first-order valence-corrected chi connectivity index (χ1v) is 4.39. The fourth-order valence-electron chi connectivity index (χ4n) is 1.43. The average molecular weight is 195 g/mol. The van der Waals surface area contributed by atoms with Gasteiger partial charge in [0.1, 0.15) is 18.8 Å². The van der Waals surface area contributed by atoms with E-state index in [4.69, 9.17) is 0 Å². The highest BCUT2D eigenvalue weighted by atomic mass is 19.1. The van der Waals surface area contributed by atoms with E-state index in [-0.39, 0.29) is 6.61 Å². The maximum Gasteiger partial charge on any atom is 0.407 e. The number of ether oxygens (including phenoxy) is 1. The van der Waals surface area contributed by atoms with Crippen LogP contribution in [0.5, 0.6) is 0 Å². The molecule has 1 aliphatic rings. The van der Waals surface area contributed by atoms with Gasteiger partial charge in [0.15, 0.2) is 0 Å². The van der Waals surface area contributed by atoms with Gasteiger partial charge in [0.2, 0.25) is 0 Å². The minimum atomic E-state index is -1.21. The van der Waals surface area contributed by atoms with Gasteiger partial charge in [0, 0.05) is 0 Å². The second-order valence-electron chi connectivity index (χ2n) is 3.16. The van der Waals surface area contributed by atoms with Gasteiger partial charge in [-0.3, -0.25) is 0 Å². The zero-order chi connectivity index (χ0) is 9.97. The van der Waals surface area contributed by atoms with Crippen molar-refractivity contribution in [1.82, 2.24) is 5.32 Å². The van der Waals surface area contributed by atoms with Gasteiger partial charge in [0.25, 0.3) is 0 Å². The zero-order valence-electron chi connectivity index (χ0n) is 7.44. The summed E-state index contributed by atoms with van der Waals surface area (Å²) in [6, 6.07) is 8.16. The number of nitrogens with one attached hydrogen (secondary N) is 1. The first-order chi connectivity index (χ1) is 6.77. The van der Waals surface area contributed by atoms with Gasteiger partial charge in [-0.1, -0.05) is 30.3 Å². The van der Waals surface area contributed by atoms with Crippen LogP contribution < -0.4 is 5.32 Å². The number of halogens is 1. The molecule has 1 fully saturated rings. The number of hydrogen-bond acceptors (Lipinski definition) is 2. The second-order valence-corrected chi connectivity index (χ2v) is 3.16. The fourth-order valence-corrected chi connectivity index (χ4v) is 1.43. The maximum atomic E-state index is 13.7. The molecule has 74 valence electrons. The number of alkyl carbamates (subject to hydrolysis) is 1. The van der Waals surface area contributed by atoms with Crippen LogP contribution in [0.1, 0.15) is 11.7 Å². The third-order valence-corrected chi connectivity index (χ3v) is 2.17. The van der Waals surface area contributed by atoms with E-state index in [0.717, 1.165) is 0 Å². The Morgan fingerprint density at radius 3 is 2.71 bits per heavy atom. The molecule has 1 N–H and O–H groups in total. The van der Waals surface area contributed by atoms with Crippen LogP contribution in [0.25, 0.3) is 0 Å². The van der Waals surface area contributed by atoms with Crippen molar-refractivity contribution in [3.05, 3.63) is 35.9 Å². The molecule has 2 atom stereocenters. The average Bonchev–Trinajstić information content (AvgIpc) is 2.65. The molecule has 0 spiro atoms. The summed E-state index contributed by atoms with van der Waals surface area (Å²) in [7, 11) is 0. The number of amides is 1. The molecule has 0 aromatic heterocycles. The quantitative estimate of drug-likeness (QED) is 0.781. The highest BCUT2D eigenvalue weighted by Gasteiger charge is 2.30. The van der Waals surface area contributed by atoms with Gasteiger partial charge < -0.3 is 10.1 Å². The Morgan fingerprint density at radius 1 is 1.43 bits per heavy atom. The number of carbonyl (C=O) groups is 1. The van der Waals surface area contributed by atoms with Crippen molar-refractivity contribution in [2.24, 2.45) is 0 Å². The summed E-state index contributed by atoms with van der Waals surface area (Å²) in [5, 5.41) is 2.42. The minimum absolute atomic E-state index is 0.0922. The molecule has 14 heavy (non-hydrogen) atoms. The SMILES string of the molecule is O=C1N[C@H]([C@H](F)c2ccccc2)CO1. The summed E-state index contributed by atoms with van der Waals surface area (Å²) in [6.45, 7) is 0.0922. The molecule has 1 amide bonds. The van der Waals surface area contributed by atoms with Crippen molar-refractivity contribution < 1.29 is 13.9 Å². The fraction of sp³-hybridized carbons (Fsp3) is 0.300. The molecular formula is C10H10FNO2. The van der Waals surface area contributed by atoms with Gasteiger partial charge in [-0.25, -0.2) is 9.18 Å². The van der Waals surface area contributed by atoms with E-state index in [1.165, 1.54) is 0 Å². The van der Waals surface area contributed by atoms with Gasteiger partial charge >= 0.3 is 6.09 Å². The first kappa shape index (κ1) is 8.99. The van der Waals surface area contributed by atoms with Crippen molar-refractivity contribution in [1.29, 1.82) is 0 Å². The summed E-state index contributed by atoms with van der Waals surface area (Å²) in [6.07, 6.45) is -1.75. The van der Waals surface area contributed by atoms with E-state index < -0.39 is 18.3 Å². The predicted molar refractivity (Wildman–Crippen MR) is 48.6 cm³/mol. The molecule has 1 saturated heterocycles. The molecule has 1 aromatic carbocycles. The molecular weight excluding hydrogens is 185 g/mol. The standard InChI is InChI=1S/C10H10FNO2/c11-9(7-4-2-1-3-5-7)8-6-14-10(13)12-8/h1-5,8-9H,6H2,(H,12,13)/t8-,9+/m0/s1. The number of rotatable bonds is 2. The molecule has 0 radical (unpaired) electrons. The van der Waals surface area contributed by atoms with Crippen LogP contribution in [-0.2, 0) is 4.74 Å². The van der Waals surface area contributed by atoms with E-state index >= 15 is 0 Å². The van der Waals surface area contributed by atoms with E-state index in [0.29, 0.717) is 5.56 Å². The number of cyclic esters (lactones) is 1. The van der Waals surface area contributed by atoms with E-state index in [1.54, 1.807) is 24.3 Å². The topological polar surface area (TPSA) is 38.3 Å².